The second kappa shape index (κ2) is 6.33. The van der Waals surface area contributed by atoms with Crippen molar-refractivity contribution in [2.24, 2.45) is 0 Å². The number of benzene rings is 3. The van der Waals surface area contributed by atoms with Crippen LogP contribution in [0, 0.1) is 0 Å². The molecule has 5 nitrogen and oxygen atoms in total. The summed E-state index contributed by atoms with van der Waals surface area (Å²) >= 11 is 0. The van der Waals surface area contributed by atoms with Gasteiger partial charge >= 0.3 is 5.97 Å². The first-order valence-corrected chi connectivity index (χ1v) is 8.69. The maximum Gasteiger partial charge on any atom is 0.339 e. The standard InChI is InChI=1S/C18H15NO4S/c1-23-18(20)15-10-4-5-11-16(15)19-24(21,22)17-12-6-8-13-7-2-3-9-14(13)17/h2-12,19H,1H3. The van der Waals surface area contributed by atoms with Crippen molar-refractivity contribution in [3.05, 3.63) is 72.3 Å². The zero-order valence-electron chi connectivity index (χ0n) is 12.9. The number of carbonyl (C=O) groups is 1. The van der Waals surface area contributed by atoms with E-state index in [1.165, 1.54) is 25.3 Å². The minimum absolute atomic E-state index is 0.153. The normalized spacial score (nSPS) is 11.2. The molecule has 0 fully saturated rings. The molecule has 24 heavy (non-hydrogen) atoms. The molecule has 6 heteroatoms. The Morgan fingerprint density at radius 3 is 2.38 bits per heavy atom. The Hall–Kier alpha value is -2.86. The van der Waals surface area contributed by atoms with E-state index in [1.807, 2.05) is 18.2 Å². The molecule has 0 unspecified atom stereocenters. The largest absolute Gasteiger partial charge is 0.465 e. The molecule has 0 aliphatic carbocycles. The molecule has 3 rings (SSSR count). The van der Waals surface area contributed by atoms with Crippen LogP contribution in [0.15, 0.2) is 71.6 Å². The van der Waals surface area contributed by atoms with Gasteiger partial charge in [0.2, 0.25) is 0 Å². The highest BCUT2D eigenvalue weighted by molar-refractivity contribution is 7.93. The van der Waals surface area contributed by atoms with Crippen LogP contribution in [0.2, 0.25) is 0 Å². The molecule has 0 heterocycles. The number of methoxy groups -OCH3 is 1. The summed E-state index contributed by atoms with van der Waals surface area (Å²) in [5, 5.41) is 1.43. The summed E-state index contributed by atoms with van der Waals surface area (Å²) in [5.41, 5.74) is 0.334. The van der Waals surface area contributed by atoms with Crippen LogP contribution in [0.4, 0.5) is 5.69 Å². The molecule has 0 saturated heterocycles. The van der Waals surface area contributed by atoms with Crippen molar-refractivity contribution in [2.75, 3.05) is 11.8 Å². The predicted octanol–water partition coefficient (Wildman–Crippen LogP) is 3.43. The summed E-state index contributed by atoms with van der Waals surface area (Å²) in [4.78, 5) is 12.0. The Morgan fingerprint density at radius 1 is 0.917 bits per heavy atom. The van der Waals surface area contributed by atoms with Gasteiger partial charge in [-0.05, 0) is 23.6 Å². The van der Waals surface area contributed by atoms with E-state index in [0.29, 0.717) is 5.39 Å². The maximum atomic E-state index is 12.8. The maximum absolute atomic E-state index is 12.8. The van der Waals surface area contributed by atoms with E-state index in [9.17, 15) is 13.2 Å². The van der Waals surface area contributed by atoms with Crippen LogP contribution in [0.3, 0.4) is 0 Å². The molecular formula is C18H15NO4S. The Labute approximate surface area is 139 Å². The van der Waals surface area contributed by atoms with E-state index in [0.717, 1.165) is 5.39 Å². The molecule has 0 aliphatic heterocycles. The monoisotopic (exact) mass is 341 g/mol. The van der Waals surface area contributed by atoms with Crippen LogP contribution in [0.25, 0.3) is 10.8 Å². The van der Waals surface area contributed by atoms with Crippen molar-refractivity contribution in [2.45, 2.75) is 4.90 Å². The van der Waals surface area contributed by atoms with Crippen molar-refractivity contribution >= 4 is 32.5 Å². The molecule has 0 aliphatic rings. The number of sulfonamides is 1. The average Bonchev–Trinajstić information content (AvgIpc) is 2.60. The van der Waals surface area contributed by atoms with Gasteiger partial charge in [0.15, 0.2) is 0 Å². The first kappa shape index (κ1) is 16.0. The molecule has 0 amide bonds. The lowest BCUT2D eigenvalue weighted by molar-refractivity contribution is 0.0602. The van der Waals surface area contributed by atoms with Crippen LogP contribution < -0.4 is 4.72 Å². The highest BCUT2D eigenvalue weighted by atomic mass is 32.2. The third-order valence-corrected chi connectivity index (χ3v) is 5.04. The number of carbonyl (C=O) groups excluding carboxylic acids is 1. The lowest BCUT2D eigenvalue weighted by atomic mass is 10.1. The van der Waals surface area contributed by atoms with Gasteiger partial charge in [-0.2, -0.15) is 0 Å². The number of rotatable bonds is 4. The van der Waals surface area contributed by atoms with Crippen LogP contribution in [0.5, 0.6) is 0 Å². The number of nitrogens with one attached hydrogen (secondary N) is 1. The molecule has 0 aromatic heterocycles. The average molecular weight is 341 g/mol. The summed E-state index contributed by atoms with van der Waals surface area (Å²) in [5.74, 6) is -0.605. The number of ether oxygens (including phenoxy) is 1. The first-order valence-electron chi connectivity index (χ1n) is 7.21. The van der Waals surface area contributed by atoms with Gasteiger partial charge in [0.25, 0.3) is 10.0 Å². The third-order valence-electron chi connectivity index (χ3n) is 3.62. The molecular weight excluding hydrogens is 326 g/mol. The van der Waals surface area contributed by atoms with Crippen LogP contribution in [0.1, 0.15) is 10.4 Å². The molecule has 1 N–H and O–H groups in total. The van der Waals surface area contributed by atoms with Crippen molar-refractivity contribution in [1.29, 1.82) is 0 Å². The van der Waals surface area contributed by atoms with Crippen molar-refractivity contribution in [3.8, 4) is 0 Å². The Morgan fingerprint density at radius 2 is 1.58 bits per heavy atom. The molecule has 122 valence electrons. The number of fused-ring (bicyclic) bond motifs is 1. The first-order chi connectivity index (χ1) is 11.5. The number of hydrogen-bond donors (Lipinski definition) is 1. The van der Waals surface area contributed by atoms with Gasteiger partial charge in [0.05, 0.1) is 23.3 Å². The number of para-hydroxylation sites is 1. The van der Waals surface area contributed by atoms with Crippen molar-refractivity contribution in [3.63, 3.8) is 0 Å². The number of anilines is 1. The predicted molar refractivity (Wildman–Crippen MR) is 92.5 cm³/mol. The second-order valence-electron chi connectivity index (χ2n) is 5.12. The van der Waals surface area contributed by atoms with Gasteiger partial charge in [-0.1, -0.05) is 48.5 Å². The molecule has 0 radical (unpaired) electrons. The summed E-state index contributed by atoms with van der Waals surface area (Å²) in [6.07, 6.45) is 0. The van der Waals surface area contributed by atoms with E-state index in [-0.39, 0.29) is 16.1 Å². The minimum Gasteiger partial charge on any atom is -0.465 e. The smallest absolute Gasteiger partial charge is 0.339 e. The van der Waals surface area contributed by atoms with E-state index < -0.39 is 16.0 Å². The van der Waals surface area contributed by atoms with Gasteiger partial charge in [0, 0.05) is 5.39 Å². The zero-order chi connectivity index (χ0) is 17.2. The molecule has 0 bridgehead atoms. The van der Waals surface area contributed by atoms with Gasteiger partial charge in [0.1, 0.15) is 0 Å². The summed E-state index contributed by atoms with van der Waals surface area (Å²) in [6, 6.07) is 18.6. The fraction of sp³-hybridized carbons (Fsp3) is 0.0556. The highest BCUT2D eigenvalue weighted by Crippen LogP contribution is 2.26. The zero-order valence-corrected chi connectivity index (χ0v) is 13.7. The molecule has 0 spiro atoms. The Kier molecular flexibility index (Phi) is 4.22. The van der Waals surface area contributed by atoms with Gasteiger partial charge in [-0.15, -0.1) is 0 Å². The van der Waals surface area contributed by atoms with Gasteiger partial charge < -0.3 is 4.74 Å². The quantitative estimate of drug-likeness (QED) is 0.738. The molecule has 3 aromatic rings. The van der Waals surface area contributed by atoms with Crippen molar-refractivity contribution < 1.29 is 17.9 Å². The minimum atomic E-state index is -3.86. The van der Waals surface area contributed by atoms with Crippen molar-refractivity contribution in [1.82, 2.24) is 0 Å². The number of esters is 1. The fourth-order valence-corrected chi connectivity index (χ4v) is 3.80. The second-order valence-corrected chi connectivity index (χ2v) is 6.77. The number of hydrogen-bond acceptors (Lipinski definition) is 4. The third kappa shape index (κ3) is 2.96. The summed E-state index contributed by atoms with van der Waals surface area (Å²) < 4.78 is 32.8. The van der Waals surface area contributed by atoms with E-state index in [1.54, 1.807) is 30.3 Å². The van der Waals surface area contributed by atoms with Gasteiger partial charge in [-0.3, -0.25) is 4.72 Å². The molecule has 0 atom stereocenters. The summed E-state index contributed by atoms with van der Waals surface area (Å²) in [7, 11) is -2.61. The summed E-state index contributed by atoms with van der Waals surface area (Å²) in [6.45, 7) is 0. The van der Waals surface area contributed by atoms with Crippen LogP contribution >= 0.6 is 0 Å². The SMILES string of the molecule is COC(=O)c1ccccc1NS(=O)(=O)c1cccc2ccccc12. The van der Waals surface area contributed by atoms with Crippen LogP contribution in [-0.4, -0.2) is 21.5 Å². The molecule has 0 saturated carbocycles. The highest BCUT2D eigenvalue weighted by Gasteiger charge is 2.20. The van der Waals surface area contributed by atoms with E-state index in [4.69, 9.17) is 4.74 Å². The Balaban J connectivity index is 2.08. The van der Waals surface area contributed by atoms with Crippen LogP contribution in [-0.2, 0) is 14.8 Å². The fourth-order valence-electron chi connectivity index (χ4n) is 2.49. The Bertz CT molecular complexity index is 1010. The van der Waals surface area contributed by atoms with Gasteiger partial charge in [-0.25, -0.2) is 13.2 Å². The van der Waals surface area contributed by atoms with E-state index >= 15 is 0 Å². The lowest BCUT2D eigenvalue weighted by Gasteiger charge is -2.13. The molecule has 3 aromatic carbocycles. The topological polar surface area (TPSA) is 72.5 Å². The lowest BCUT2D eigenvalue weighted by Crippen LogP contribution is -2.16. The van der Waals surface area contributed by atoms with E-state index in [2.05, 4.69) is 4.72 Å².